The lowest BCUT2D eigenvalue weighted by atomic mass is 9.78. The topological polar surface area (TPSA) is 17.1 Å². The summed E-state index contributed by atoms with van der Waals surface area (Å²) in [5, 5.41) is 0. The monoisotopic (exact) mass is 178 g/mol. The average Bonchev–Trinajstić information content (AvgIpc) is 2.17. The van der Waals surface area contributed by atoms with Crippen molar-refractivity contribution in [3.8, 4) is 0 Å². The van der Waals surface area contributed by atoms with Gasteiger partial charge in [-0.05, 0) is 18.4 Å². The number of carbonyl (C=O) groups is 1. The van der Waals surface area contributed by atoms with Crippen LogP contribution < -0.4 is 0 Å². The SMILES string of the molecule is O=Cc1ccc(C2CCC2F)cc1. The third kappa shape index (κ3) is 1.48. The van der Waals surface area contributed by atoms with E-state index in [-0.39, 0.29) is 5.92 Å². The van der Waals surface area contributed by atoms with Crippen molar-refractivity contribution in [2.45, 2.75) is 24.9 Å². The van der Waals surface area contributed by atoms with E-state index in [0.29, 0.717) is 12.0 Å². The third-order valence-electron chi connectivity index (χ3n) is 2.69. The van der Waals surface area contributed by atoms with Crippen LogP contribution in [0.4, 0.5) is 4.39 Å². The molecule has 1 saturated carbocycles. The van der Waals surface area contributed by atoms with Crippen LogP contribution in [-0.2, 0) is 0 Å². The molecule has 2 atom stereocenters. The van der Waals surface area contributed by atoms with Crippen LogP contribution in [0.3, 0.4) is 0 Å². The van der Waals surface area contributed by atoms with Gasteiger partial charge in [0.2, 0.25) is 0 Å². The number of alkyl halides is 1. The lowest BCUT2D eigenvalue weighted by Gasteiger charge is -2.30. The number of rotatable bonds is 2. The number of aldehydes is 1. The zero-order chi connectivity index (χ0) is 9.26. The van der Waals surface area contributed by atoms with Gasteiger partial charge in [0.15, 0.2) is 0 Å². The van der Waals surface area contributed by atoms with Gasteiger partial charge in [-0.2, -0.15) is 0 Å². The fourth-order valence-electron chi connectivity index (χ4n) is 1.66. The predicted molar refractivity (Wildman–Crippen MR) is 48.7 cm³/mol. The maximum atomic E-state index is 13.0. The fraction of sp³-hybridized carbons (Fsp3) is 0.364. The van der Waals surface area contributed by atoms with E-state index in [9.17, 15) is 9.18 Å². The van der Waals surface area contributed by atoms with E-state index in [0.717, 1.165) is 18.3 Å². The Balaban J connectivity index is 2.17. The minimum Gasteiger partial charge on any atom is -0.298 e. The second-order valence-electron chi connectivity index (χ2n) is 3.48. The smallest absolute Gasteiger partial charge is 0.150 e. The van der Waals surface area contributed by atoms with Gasteiger partial charge in [0.05, 0.1) is 0 Å². The quantitative estimate of drug-likeness (QED) is 0.636. The molecule has 0 aromatic heterocycles. The molecule has 2 heteroatoms. The summed E-state index contributed by atoms with van der Waals surface area (Å²) in [5.41, 5.74) is 1.67. The van der Waals surface area contributed by atoms with Crippen molar-refractivity contribution in [3.05, 3.63) is 35.4 Å². The number of benzene rings is 1. The summed E-state index contributed by atoms with van der Waals surface area (Å²) in [6.45, 7) is 0. The molecule has 1 aliphatic carbocycles. The molecule has 0 aliphatic heterocycles. The van der Waals surface area contributed by atoms with Gasteiger partial charge in [-0.15, -0.1) is 0 Å². The summed E-state index contributed by atoms with van der Waals surface area (Å²) in [5.74, 6) is 0.0701. The highest BCUT2D eigenvalue weighted by Gasteiger charge is 2.31. The van der Waals surface area contributed by atoms with Crippen LogP contribution in [0.15, 0.2) is 24.3 Å². The Hall–Kier alpha value is -1.18. The summed E-state index contributed by atoms with van der Waals surface area (Å²) < 4.78 is 13.0. The van der Waals surface area contributed by atoms with Gasteiger partial charge < -0.3 is 0 Å². The average molecular weight is 178 g/mol. The van der Waals surface area contributed by atoms with Crippen molar-refractivity contribution in [2.24, 2.45) is 0 Å². The van der Waals surface area contributed by atoms with Gasteiger partial charge in [0.1, 0.15) is 12.5 Å². The number of hydrogen-bond donors (Lipinski definition) is 0. The lowest BCUT2D eigenvalue weighted by molar-refractivity contribution is 0.112. The highest BCUT2D eigenvalue weighted by molar-refractivity contribution is 5.74. The first-order chi connectivity index (χ1) is 6.31. The highest BCUT2D eigenvalue weighted by atomic mass is 19.1. The molecule has 68 valence electrons. The zero-order valence-electron chi connectivity index (χ0n) is 7.24. The number of halogens is 1. The highest BCUT2D eigenvalue weighted by Crippen LogP contribution is 2.38. The molecule has 0 saturated heterocycles. The molecule has 1 aromatic rings. The molecular weight excluding hydrogens is 167 g/mol. The molecular formula is C11H11FO. The lowest BCUT2D eigenvalue weighted by Crippen LogP contribution is -2.24. The Morgan fingerprint density at radius 3 is 2.31 bits per heavy atom. The van der Waals surface area contributed by atoms with Crippen LogP contribution in [0.25, 0.3) is 0 Å². The first-order valence-corrected chi connectivity index (χ1v) is 4.50. The Labute approximate surface area is 76.6 Å². The molecule has 0 bridgehead atoms. The predicted octanol–water partition coefficient (Wildman–Crippen LogP) is 2.71. The van der Waals surface area contributed by atoms with E-state index >= 15 is 0 Å². The molecule has 0 heterocycles. The maximum Gasteiger partial charge on any atom is 0.150 e. The van der Waals surface area contributed by atoms with Crippen LogP contribution >= 0.6 is 0 Å². The Kier molecular flexibility index (Phi) is 2.13. The van der Waals surface area contributed by atoms with Gasteiger partial charge in [0, 0.05) is 11.5 Å². The van der Waals surface area contributed by atoms with E-state index in [1.807, 2.05) is 12.1 Å². The molecule has 2 unspecified atom stereocenters. The summed E-state index contributed by atoms with van der Waals surface area (Å²) in [6, 6.07) is 7.18. The molecule has 0 amide bonds. The first kappa shape index (κ1) is 8.42. The summed E-state index contributed by atoms with van der Waals surface area (Å²) in [7, 11) is 0. The second-order valence-corrected chi connectivity index (χ2v) is 3.48. The molecule has 0 radical (unpaired) electrons. The van der Waals surface area contributed by atoms with Gasteiger partial charge in [-0.25, -0.2) is 4.39 Å². The van der Waals surface area contributed by atoms with E-state index in [1.165, 1.54) is 0 Å². The van der Waals surface area contributed by atoms with Crippen molar-refractivity contribution in [3.63, 3.8) is 0 Å². The molecule has 2 rings (SSSR count). The number of carbonyl (C=O) groups excluding carboxylic acids is 1. The molecule has 0 spiro atoms. The zero-order valence-corrected chi connectivity index (χ0v) is 7.24. The van der Waals surface area contributed by atoms with Crippen molar-refractivity contribution in [2.75, 3.05) is 0 Å². The third-order valence-corrected chi connectivity index (χ3v) is 2.69. The number of hydrogen-bond acceptors (Lipinski definition) is 1. The normalized spacial score (nSPS) is 26.5. The van der Waals surface area contributed by atoms with Crippen LogP contribution in [0.1, 0.15) is 34.7 Å². The molecule has 1 aromatic carbocycles. The van der Waals surface area contributed by atoms with E-state index in [1.54, 1.807) is 12.1 Å². The van der Waals surface area contributed by atoms with Crippen LogP contribution in [-0.4, -0.2) is 12.5 Å². The Morgan fingerprint density at radius 1 is 1.23 bits per heavy atom. The Morgan fingerprint density at radius 2 is 1.92 bits per heavy atom. The van der Waals surface area contributed by atoms with Crippen molar-refractivity contribution in [1.29, 1.82) is 0 Å². The molecule has 1 nitrogen and oxygen atoms in total. The molecule has 0 N–H and O–H groups in total. The molecule has 1 fully saturated rings. The van der Waals surface area contributed by atoms with Crippen LogP contribution in [0, 0.1) is 0 Å². The van der Waals surface area contributed by atoms with Crippen LogP contribution in [0.5, 0.6) is 0 Å². The van der Waals surface area contributed by atoms with Crippen molar-refractivity contribution in [1.82, 2.24) is 0 Å². The second kappa shape index (κ2) is 3.29. The van der Waals surface area contributed by atoms with Gasteiger partial charge >= 0.3 is 0 Å². The minimum absolute atomic E-state index is 0.0701. The maximum absolute atomic E-state index is 13.0. The van der Waals surface area contributed by atoms with Crippen molar-refractivity contribution >= 4 is 6.29 Å². The fourth-order valence-corrected chi connectivity index (χ4v) is 1.66. The summed E-state index contributed by atoms with van der Waals surface area (Å²) >= 11 is 0. The van der Waals surface area contributed by atoms with Gasteiger partial charge in [-0.1, -0.05) is 24.3 Å². The first-order valence-electron chi connectivity index (χ1n) is 4.50. The van der Waals surface area contributed by atoms with E-state index in [2.05, 4.69) is 0 Å². The molecule has 1 aliphatic rings. The van der Waals surface area contributed by atoms with Gasteiger partial charge in [0.25, 0.3) is 0 Å². The summed E-state index contributed by atoms with van der Waals surface area (Å²) in [4.78, 5) is 10.4. The summed E-state index contributed by atoms with van der Waals surface area (Å²) in [6.07, 6.45) is 1.74. The Bertz CT molecular complexity index is 304. The van der Waals surface area contributed by atoms with Crippen LogP contribution in [0.2, 0.25) is 0 Å². The minimum atomic E-state index is -0.679. The molecule has 13 heavy (non-hydrogen) atoms. The largest absolute Gasteiger partial charge is 0.298 e. The van der Waals surface area contributed by atoms with E-state index in [4.69, 9.17) is 0 Å². The van der Waals surface area contributed by atoms with Crippen molar-refractivity contribution < 1.29 is 9.18 Å². The van der Waals surface area contributed by atoms with Gasteiger partial charge in [-0.3, -0.25) is 4.79 Å². The standard InChI is InChI=1S/C11H11FO/c12-11-6-5-10(11)9-3-1-8(7-13)2-4-9/h1-4,7,10-11H,5-6H2. The van der Waals surface area contributed by atoms with E-state index < -0.39 is 6.17 Å².